The van der Waals surface area contributed by atoms with E-state index >= 15 is 0 Å². The molecule has 0 aliphatic carbocycles. The highest BCUT2D eigenvalue weighted by Crippen LogP contribution is 2.05. The van der Waals surface area contributed by atoms with Crippen molar-refractivity contribution in [1.29, 1.82) is 5.26 Å². The molecule has 0 aliphatic rings. The third-order valence-corrected chi connectivity index (χ3v) is 3.57. The number of carbonyl (C=O) groups is 1. The SMILES string of the molecule is CCNC(=NCc1cccc(C#N)c1)NCCC(=O)N(CC)CC. The van der Waals surface area contributed by atoms with E-state index in [9.17, 15) is 4.79 Å². The van der Waals surface area contributed by atoms with Gasteiger partial charge in [0.05, 0.1) is 18.2 Å². The van der Waals surface area contributed by atoms with E-state index in [2.05, 4.69) is 21.7 Å². The van der Waals surface area contributed by atoms with E-state index in [0.29, 0.717) is 31.0 Å². The number of carbonyl (C=O) groups excluding carboxylic acids is 1. The predicted molar refractivity (Wildman–Crippen MR) is 96.5 cm³/mol. The van der Waals surface area contributed by atoms with E-state index in [1.165, 1.54) is 0 Å². The van der Waals surface area contributed by atoms with Crippen LogP contribution in [0, 0.1) is 11.3 Å². The smallest absolute Gasteiger partial charge is 0.224 e. The van der Waals surface area contributed by atoms with Crippen LogP contribution < -0.4 is 10.6 Å². The van der Waals surface area contributed by atoms with Crippen molar-refractivity contribution in [2.75, 3.05) is 26.2 Å². The molecule has 0 bridgehead atoms. The first-order chi connectivity index (χ1) is 11.6. The molecule has 1 aromatic rings. The standard InChI is InChI=1S/C18H27N5O/c1-4-20-18(21-11-10-17(24)23(5-2)6-3)22-14-16-9-7-8-15(12-16)13-19/h7-9,12H,4-6,10-11,14H2,1-3H3,(H2,20,21,22). The Kier molecular flexibility index (Phi) is 8.98. The molecule has 1 aromatic carbocycles. The summed E-state index contributed by atoms with van der Waals surface area (Å²) in [5.41, 5.74) is 1.61. The second-order valence-corrected chi connectivity index (χ2v) is 5.25. The summed E-state index contributed by atoms with van der Waals surface area (Å²) >= 11 is 0. The maximum Gasteiger partial charge on any atom is 0.224 e. The van der Waals surface area contributed by atoms with Crippen LogP contribution in [-0.2, 0) is 11.3 Å². The highest BCUT2D eigenvalue weighted by molar-refractivity contribution is 5.81. The van der Waals surface area contributed by atoms with Gasteiger partial charge in [0.25, 0.3) is 0 Å². The summed E-state index contributed by atoms with van der Waals surface area (Å²) in [5, 5.41) is 15.3. The highest BCUT2D eigenvalue weighted by Gasteiger charge is 2.09. The quantitative estimate of drug-likeness (QED) is 0.563. The summed E-state index contributed by atoms with van der Waals surface area (Å²) in [6, 6.07) is 9.53. The number of nitriles is 1. The molecule has 0 saturated heterocycles. The molecule has 0 spiro atoms. The van der Waals surface area contributed by atoms with Crippen molar-refractivity contribution in [1.82, 2.24) is 15.5 Å². The van der Waals surface area contributed by atoms with E-state index in [0.717, 1.165) is 25.2 Å². The van der Waals surface area contributed by atoms with Gasteiger partial charge in [-0.25, -0.2) is 4.99 Å². The maximum atomic E-state index is 12.0. The Morgan fingerprint density at radius 1 is 1.25 bits per heavy atom. The molecule has 0 radical (unpaired) electrons. The first-order valence-corrected chi connectivity index (χ1v) is 8.43. The largest absolute Gasteiger partial charge is 0.357 e. The van der Waals surface area contributed by atoms with E-state index in [-0.39, 0.29) is 5.91 Å². The molecular formula is C18H27N5O. The zero-order valence-electron chi connectivity index (χ0n) is 14.8. The number of amides is 1. The molecule has 1 rings (SSSR count). The van der Waals surface area contributed by atoms with Gasteiger partial charge in [0.2, 0.25) is 5.91 Å². The molecule has 1 amide bonds. The van der Waals surface area contributed by atoms with Crippen molar-refractivity contribution in [3.8, 4) is 6.07 Å². The van der Waals surface area contributed by atoms with Crippen LogP contribution in [0.1, 0.15) is 38.3 Å². The Hall–Kier alpha value is -2.55. The monoisotopic (exact) mass is 329 g/mol. The van der Waals surface area contributed by atoms with Crippen molar-refractivity contribution in [2.45, 2.75) is 33.7 Å². The van der Waals surface area contributed by atoms with Crippen LogP contribution in [0.4, 0.5) is 0 Å². The number of rotatable bonds is 8. The topological polar surface area (TPSA) is 80.5 Å². The normalized spacial score (nSPS) is 10.8. The van der Waals surface area contributed by atoms with Crippen molar-refractivity contribution >= 4 is 11.9 Å². The molecular weight excluding hydrogens is 302 g/mol. The summed E-state index contributed by atoms with van der Waals surface area (Å²) in [7, 11) is 0. The Balaban J connectivity index is 2.56. The Morgan fingerprint density at radius 3 is 2.62 bits per heavy atom. The van der Waals surface area contributed by atoms with Crippen LogP contribution in [-0.4, -0.2) is 42.9 Å². The first-order valence-electron chi connectivity index (χ1n) is 8.43. The van der Waals surface area contributed by atoms with Crippen molar-refractivity contribution in [3.05, 3.63) is 35.4 Å². The minimum atomic E-state index is 0.144. The lowest BCUT2D eigenvalue weighted by atomic mass is 10.1. The highest BCUT2D eigenvalue weighted by atomic mass is 16.2. The average Bonchev–Trinajstić information content (AvgIpc) is 2.61. The molecule has 0 atom stereocenters. The fourth-order valence-corrected chi connectivity index (χ4v) is 2.27. The van der Waals surface area contributed by atoms with Crippen molar-refractivity contribution < 1.29 is 4.79 Å². The third-order valence-electron chi connectivity index (χ3n) is 3.57. The van der Waals surface area contributed by atoms with Crippen LogP contribution in [0.2, 0.25) is 0 Å². The maximum absolute atomic E-state index is 12.0. The number of guanidine groups is 1. The van der Waals surface area contributed by atoms with Crippen LogP contribution in [0.3, 0.4) is 0 Å². The van der Waals surface area contributed by atoms with Gasteiger partial charge in [-0.15, -0.1) is 0 Å². The van der Waals surface area contributed by atoms with Gasteiger partial charge < -0.3 is 15.5 Å². The zero-order valence-corrected chi connectivity index (χ0v) is 14.8. The van der Waals surface area contributed by atoms with Crippen molar-refractivity contribution in [3.63, 3.8) is 0 Å². The summed E-state index contributed by atoms with van der Waals surface area (Å²) in [6.45, 7) is 9.19. The molecule has 0 unspecified atom stereocenters. The van der Waals surface area contributed by atoms with Gasteiger partial charge >= 0.3 is 0 Å². The molecule has 0 heterocycles. The molecule has 2 N–H and O–H groups in total. The zero-order chi connectivity index (χ0) is 17.8. The molecule has 6 heteroatoms. The Labute approximate surface area is 144 Å². The number of benzene rings is 1. The van der Waals surface area contributed by atoms with Gasteiger partial charge in [0.1, 0.15) is 0 Å². The molecule has 0 saturated carbocycles. The summed E-state index contributed by atoms with van der Waals surface area (Å²) in [4.78, 5) is 18.3. The molecule has 0 aliphatic heterocycles. The van der Waals surface area contributed by atoms with Crippen LogP contribution in [0.25, 0.3) is 0 Å². The first kappa shape index (κ1) is 19.5. The predicted octanol–water partition coefficient (Wildman–Crippen LogP) is 1.87. The second kappa shape index (κ2) is 11.1. The summed E-state index contributed by atoms with van der Waals surface area (Å²) in [6.07, 6.45) is 0.440. The van der Waals surface area contributed by atoms with Gasteiger partial charge in [-0.1, -0.05) is 12.1 Å². The second-order valence-electron chi connectivity index (χ2n) is 5.25. The van der Waals surface area contributed by atoms with Crippen molar-refractivity contribution in [2.24, 2.45) is 4.99 Å². The van der Waals surface area contributed by atoms with E-state index in [1.54, 1.807) is 6.07 Å². The average molecular weight is 329 g/mol. The van der Waals surface area contributed by atoms with Crippen LogP contribution >= 0.6 is 0 Å². The summed E-state index contributed by atoms with van der Waals surface area (Å²) < 4.78 is 0. The third kappa shape index (κ3) is 6.69. The van der Waals surface area contributed by atoms with Gasteiger partial charge in [0, 0.05) is 32.6 Å². The minimum Gasteiger partial charge on any atom is -0.357 e. The van der Waals surface area contributed by atoms with Gasteiger partial charge in [0.15, 0.2) is 5.96 Å². The molecule has 0 aromatic heterocycles. The fourth-order valence-electron chi connectivity index (χ4n) is 2.27. The van der Waals surface area contributed by atoms with Gasteiger partial charge in [-0.3, -0.25) is 4.79 Å². The number of aliphatic imine (C=N–C) groups is 1. The van der Waals surface area contributed by atoms with Gasteiger partial charge in [-0.2, -0.15) is 5.26 Å². The lowest BCUT2D eigenvalue weighted by Crippen LogP contribution is -2.40. The lowest BCUT2D eigenvalue weighted by molar-refractivity contribution is -0.130. The van der Waals surface area contributed by atoms with E-state index in [4.69, 9.17) is 5.26 Å². The Bertz CT molecular complexity index is 587. The number of hydrogen-bond donors (Lipinski definition) is 2. The fraction of sp³-hybridized carbons (Fsp3) is 0.500. The number of nitrogens with zero attached hydrogens (tertiary/aromatic N) is 3. The number of nitrogens with one attached hydrogen (secondary N) is 2. The van der Waals surface area contributed by atoms with Crippen LogP contribution in [0.15, 0.2) is 29.3 Å². The molecule has 24 heavy (non-hydrogen) atoms. The molecule has 0 fully saturated rings. The molecule has 130 valence electrons. The molecule has 6 nitrogen and oxygen atoms in total. The Morgan fingerprint density at radius 2 is 2.00 bits per heavy atom. The van der Waals surface area contributed by atoms with Gasteiger partial charge in [-0.05, 0) is 38.5 Å². The number of hydrogen-bond acceptors (Lipinski definition) is 3. The van der Waals surface area contributed by atoms with Crippen LogP contribution in [0.5, 0.6) is 0 Å². The van der Waals surface area contributed by atoms with E-state index in [1.807, 2.05) is 43.9 Å². The minimum absolute atomic E-state index is 0.144. The lowest BCUT2D eigenvalue weighted by Gasteiger charge is -2.19. The van der Waals surface area contributed by atoms with E-state index < -0.39 is 0 Å². The summed E-state index contributed by atoms with van der Waals surface area (Å²) in [5.74, 6) is 0.817.